The number of benzene rings is 2. The molecule has 0 radical (unpaired) electrons. The molecule has 0 bridgehead atoms. The molecule has 0 aliphatic rings. The molecular weight excluding hydrogens is 336 g/mol. The minimum atomic E-state index is -0.277. The monoisotopic (exact) mass is 363 g/mol. The number of furan rings is 1. The summed E-state index contributed by atoms with van der Waals surface area (Å²) >= 11 is 0. The molecule has 1 heterocycles. The molecule has 140 valence electrons. The van der Waals surface area contributed by atoms with Gasteiger partial charge in [0, 0.05) is 11.3 Å². The van der Waals surface area contributed by atoms with Crippen molar-refractivity contribution in [1.29, 1.82) is 0 Å². The molecular formula is C23H27N2O2+. The number of carbonyl (C=O) groups is 1. The lowest BCUT2D eigenvalue weighted by molar-refractivity contribution is -0.706. The zero-order valence-corrected chi connectivity index (χ0v) is 16.3. The SMILES string of the molecule is Cc1cc(C)c(NC(=O)[C@H](C)[NH2+][C@@H](c2ccccc2)c2ccco2)c(C)c1. The highest BCUT2D eigenvalue weighted by Gasteiger charge is 2.27. The molecule has 0 saturated heterocycles. The first-order chi connectivity index (χ1) is 13.0. The summed E-state index contributed by atoms with van der Waals surface area (Å²) < 4.78 is 5.64. The maximum Gasteiger partial charge on any atom is 0.282 e. The Bertz CT molecular complexity index is 878. The van der Waals surface area contributed by atoms with Gasteiger partial charge in [-0.1, -0.05) is 48.0 Å². The van der Waals surface area contributed by atoms with Crippen LogP contribution in [0, 0.1) is 20.8 Å². The predicted octanol–water partition coefficient (Wildman–Crippen LogP) is 3.88. The van der Waals surface area contributed by atoms with Gasteiger partial charge in [-0.15, -0.1) is 0 Å². The predicted molar refractivity (Wildman–Crippen MR) is 108 cm³/mol. The molecule has 27 heavy (non-hydrogen) atoms. The van der Waals surface area contributed by atoms with Gasteiger partial charge in [-0.3, -0.25) is 4.79 Å². The van der Waals surface area contributed by atoms with Crippen LogP contribution in [-0.2, 0) is 4.79 Å². The van der Waals surface area contributed by atoms with Crippen molar-refractivity contribution in [2.24, 2.45) is 0 Å². The van der Waals surface area contributed by atoms with Crippen LogP contribution in [0.5, 0.6) is 0 Å². The molecule has 3 rings (SSSR count). The number of quaternary nitrogens is 1. The average Bonchev–Trinajstić information content (AvgIpc) is 3.17. The third kappa shape index (κ3) is 4.47. The summed E-state index contributed by atoms with van der Waals surface area (Å²) in [6, 6.07) is 17.8. The van der Waals surface area contributed by atoms with E-state index in [1.54, 1.807) is 6.26 Å². The van der Waals surface area contributed by atoms with Crippen molar-refractivity contribution in [3.63, 3.8) is 0 Å². The van der Waals surface area contributed by atoms with Gasteiger partial charge >= 0.3 is 0 Å². The molecule has 0 aliphatic heterocycles. The number of rotatable bonds is 6. The van der Waals surface area contributed by atoms with Crippen molar-refractivity contribution in [2.75, 3.05) is 5.32 Å². The van der Waals surface area contributed by atoms with E-state index >= 15 is 0 Å². The zero-order chi connectivity index (χ0) is 19.4. The van der Waals surface area contributed by atoms with Crippen LogP contribution in [-0.4, -0.2) is 11.9 Å². The summed E-state index contributed by atoms with van der Waals surface area (Å²) in [5.74, 6) is 0.820. The minimum Gasteiger partial charge on any atom is -0.463 e. The number of anilines is 1. The highest BCUT2D eigenvalue weighted by atomic mass is 16.3. The first kappa shape index (κ1) is 18.9. The van der Waals surface area contributed by atoms with E-state index in [0.717, 1.165) is 28.1 Å². The Kier molecular flexibility index (Phi) is 5.77. The Morgan fingerprint density at radius 2 is 1.67 bits per heavy atom. The summed E-state index contributed by atoms with van der Waals surface area (Å²) in [4.78, 5) is 12.9. The third-order valence-corrected chi connectivity index (χ3v) is 4.83. The van der Waals surface area contributed by atoms with Gasteiger partial charge in [0.15, 0.2) is 17.8 Å². The number of nitrogens with two attached hydrogens (primary N) is 1. The van der Waals surface area contributed by atoms with E-state index in [1.165, 1.54) is 5.56 Å². The lowest BCUT2D eigenvalue weighted by atomic mass is 10.0. The number of hydrogen-bond acceptors (Lipinski definition) is 2. The zero-order valence-electron chi connectivity index (χ0n) is 16.3. The molecule has 0 fully saturated rings. The number of nitrogens with one attached hydrogen (secondary N) is 1. The molecule has 4 heteroatoms. The molecule has 1 amide bonds. The third-order valence-electron chi connectivity index (χ3n) is 4.83. The summed E-state index contributed by atoms with van der Waals surface area (Å²) in [6.07, 6.45) is 1.67. The molecule has 1 aromatic heterocycles. The van der Waals surface area contributed by atoms with Crippen molar-refractivity contribution in [3.05, 3.63) is 88.9 Å². The number of aryl methyl sites for hydroxylation is 3. The molecule has 2 atom stereocenters. The van der Waals surface area contributed by atoms with E-state index in [4.69, 9.17) is 4.42 Å². The summed E-state index contributed by atoms with van der Waals surface area (Å²) in [5, 5.41) is 5.15. The first-order valence-electron chi connectivity index (χ1n) is 9.27. The van der Waals surface area contributed by atoms with Gasteiger partial charge < -0.3 is 15.1 Å². The van der Waals surface area contributed by atoms with Crippen LogP contribution in [0.25, 0.3) is 0 Å². The second-order valence-corrected chi connectivity index (χ2v) is 7.15. The van der Waals surface area contributed by atoms with E-state index in [0.29, 0.717) is 0 Å². The normalized spacial score (nSPS) is 13.2. The van der Waals surface area contributed by atoms with Gasteiger partial charge in [-0.05, 0) is 51.0 Å². The van der Waals surface area contributed by atoms with Crippen LogP contribution in [0.4, 0.5) is 5.69 Å². The Morgan fingerprint density at radius 1 is 1.00 bits per heavy atom. The van der Waals surface area contributed by atoms with Crippen LogP contribution in [0.3, 0.4) is 0 Å². The van der Waals surface area contributed by atoms with Crippen LogP contribution in [0.1, 0.15) is 41.0 Å². The fourth-order valence-corrected chi connectivity index (χ4v) is 3.49. The topological polar surface area (TPSA) is 58.9 Å². The van der Waals surface area contributed by atoms with Crippen LogP contribution in [0.15, 0.2) is 65.3 Å². The fourth-order valence-electron chi connectivity index (χ4n) is 3.49. The van der Waals surface area contributed by atoms with E-state index < -0.39 is 0 Å². The first-order valence-corrected chi connectivity index (χ1v) is 9.27. The molecule has 2 aromatic carbocycles. The standard InChI is InChI=1S/C23H26N2O2/c1-15-13-16(2)21(17(3)14-15)25-23(26)18(4)24-22(20-11-8-12-27-20)19-9-6-5-7-10-19/h5-14,18,22,24H,1-4H3,(H,25,26)/p+1/t18-,22-/m0/s1. The van der Waals surface area contributed by atoms with Gasteiger partial charge in [-0.2, -0.15) is 0 Å². The van der Waals surface area contributed by atoms with Crippen LogP contribution in [0.2, 0.25) is 0 Å². The maximum absolute atomic E-state index is 12.9. The van der Waals surface area contributed by atoms with Gasteiger partial charge in [0.1, 0.15) is 0 Å². The largest absolute Gasteiger partial charge is 0.463 e. The summed E-state index contributed by atoms with van der Waals surface area (Å²) in [7, 11) is 0. The van der Waals surface area contributed by atoms with Crippen molar-refractivity contribution in [2.45, 2.75) is 39.8 Å². The molecule has 3 aromatic rings. The lowest BCUT2D eigenvalue weighted by Crippen LogP contribution is -2.92. The molecule has 0 aliphatic carbocycles. The smallest absolute Gasteiger partial charge is 0.282 e. The Labute approximate surface area is 160 Å². The minimum absolute atomic E-state index is 0.0162. The highest BCUT2D eigenvalue weighted by Crippen LogP contribution is 2.22. The highest BCUT2D eigenvalue weighted by molar-refractivity contribution is 5.95. The van der Waals surface area contributed by atoms with E-state index in [1.807, 2.05) is 56.4 Å². The molecule has 0 spiro atoms. The molecule has 3 N–H and O–H groups in total. The van der Waals surface area contributed by atoms with E-state index in [2.05, 4.69) is 36.5 Å². The van der Waals surface area contributed by atoms with E-state index in [-0.39, 0.29) is 18.0 Å². The van der Waals surface area contributed by atoms with Crippen LogP contribution >= 0.6 is 0 Å². The molecule has 0 unspecified atom stereocenters. The van der Waals surface area contributed by atoms with Crippen molar-refractivity contribution in [3.8, 4) is 0 Å². The number of amides is 1. The fraction of sp³-hybridized carbons (Fsp3) is 0.261. The maximum atomic E-state index is 12.9. The second-order valence-electron chi connectivity index (χ2n) is 7.15. The Hall–Kier alpha value is -2.85. The Morgan fingerprint density at radius 3 is 2.26 bits per heavy atom. The number of carbonyl (C=O) groups excluding carboxylic acids is 1. The molecule has 4 nitrogen and oxygen atoms in total. The average molecular weight is 363 g/mol. The van der Waals surface area contributed by atoms with Gasteiger partial charge in [0.25, 0.3) is 5.91 Å². The lowest BCUT2D eigenvalue weighted by Gasteiger charge is -2.20. The Balaban J connectivity index is 1.78. The number of hydrogen-bond donors (Lipinski definition) is 2. The molecule has 0 saturated carbocycles. The van der Waals surface area contributed by atoms with Crippen molar-refractivity contribution >= 4 is 11.6 Å². The second kappa shape index (κ2) is 8.23. The van der Waals surface area contributed by atoms with Crippen molar-refractivity contribution < 1.29 is 14.5 Å². The van der Waals surface area contributed by atoms with Crippen molar-refractivity contribution in [1.82, 2.24) is 0 Å². The summed E-state index contributed by atoms with van der Waals surface area (Å²) in [5.41, 5.74) is 5.37. The van der Waals surface area contributed by atoms with Gasteiger partial charge in [0.05, 0.1) is 6.26 Å². The quantitative estimate of drug-likeness (QED) is 0.698. The van der Waals surface area contributed by atoms with Crippen LogP contribution < -0.4 is 10.6 Å². The van der Waals surface area contributed by atoms with Gasteiger partial charge in [-0.25, -0.2) is 0 Å². The van der Waals surface area contributed by atoms with E-state index in [9.17, 15) is 4.79 Å². The summed E-state index contributed by atoms with van der Waals surface area (Å²) in [6.45, 7) is 8.04. The van der Waals surface area contributed by atoms with Gasteiger partial charge in [0.2, 0.25) is 0 Å².